The van der Waals surface area contributed by atoms with Crippen LogP contribution in [-0.2, 0) is 7.05 Å². The number of hydrogen-bond donors (Lipinski definition) is 1. The van der Waals surface area contributed by atoms with Gasteiger partial charge in [0, 0.05) is 7.05 Å². The Morgan fingerprint density at radius 3 is 2.48 bits per heavy atom. The molecule has 0 radical (unpaired) electrons. The predicted molar refractivity (Wildman–Crippen MR) is 105 cm³/mol. The maximum Gasteiger partial charge on any atom is 0.299 e. The number of nitrogen functional groups attached to an aromatic ring is 1. The predicted octanol–water partition coefficient (Wildman–Crippen LogP) is 2.10. The van der Waals surface area contributed by atoms with Crippen LogP contribution in [0.2, 0.25) is 0 Å². The molecule has 4 rings (SSSR count). The Kier molecular flexibility index (Phi) is 4.16. The summed E-state index contributed by atoms with van der Waals surface area (Å²) in [5.41, 5.74) is 8.19. The third-order valence-corrected chi connectivity index (χ3v) is 4.60. The number of azo groups is 1. The van der Waals surface area contributed by atoms with Gasteiger partial charge in [0.2, 0.25) is 11.3 Å². The summed E-state index contributed by atoms with van der Waals surface area (Å²) in [4.78, 5) is 12.9. The summed E-state index contributed by atoms with van der Waals surface area (Å²) < 4.78 is 4.52. The molecule has 0 spiro atoms. The monoisotopic (exact) mass is 388 g/mol. The molecule has 0 aliphatic heterocycles. The molecule has 0 unspecified atom stereocenters. The molecule has 0 saturated carbocycles. The zero-order valence-electron chi connectivity index (χ0n) is 15.9. The van der Waals surface area contributed by atoms with E-state index in [0.29, 0.717) is 17.1 Å². The first-order chi connectivity index (χ1) is 13.9. The van der Waals surface area contributed by atoms with Crippen LogP contribution in [0.25, 0.3) is 11.3 Å². The van der Waals surface area contributed by atoms with E-state index in [1.165, 1.54) is 9.20 Å². The summed E-state index contributed by atoms with van der Waals surface area (Å²) in [6, 6.07) is 11.1. The highest BCUT2D eigenvalue weighted by Gasteiger charge is 2.18. The Bertz CT molecular complexity index is 1370. The maximum atomic E-state index is 12.9. The highest BCUT2D eigenvalue weighted by atomic mass is 16.1. The molecule has 144 valence electrons. The molecule has 3 aromatic heterocycles. The van der Waals surface area contributed by atoms with Crippen LogP contribution in [0.5, 0.6) is 0 Å². The molecule has 11 nitrogen and oxygen atoms in total. The number of para-hydroxylation sites is 1. The van der Waals surface area contributed by atoms with E-state index in [0.717, 1.165) is 5.69 Å². The number of benzene rings is 1. The summed E-state index contributed by atoms with van der Waals surface area (Å²) in [6.45, 7) is 3.49. The summed E-state index contributed by atoms with van der Waals surface area (Å²) in [5.74, 6) is 0.0596. The molecule has 0 aliphatic carbocycles. The van der Waals surface area contributed by atoms with E-state index in [-0.39, 0.29) is 28.4 Å². The van der Waals surface area contributed by atoms with Crippen LogP contribution in [-0.4, -0.2) is 29.2 Å². The van der Waals surface area contributed by atoms with Gasteiger partial charge >= 0.3 is 0 Å². The minimum absolute atomic E-state index is 0.0341. The van der Waals surface area contributed by atoms with Crippen molar-refractivity contribution in [2.75, 3.05) is 5.73 Å². The van der Waals surface area contributed by atoms with Gasteiger partial charge in [-0.05, 0) is 26.0 Å². The number of nitrogens with two attached hydrogens (primary N) is 1. The summed E-state index contributed by atoms with van der Waals surface area (Å²) >= 11 is 0. The second-order valence-corrected chi connectivity index (χ2v) is 6.33. The fourth-order valence-electron chi connectivity index (χ4n) is 2.98. The van der Waals surface area contributed by atoms with Crippen LogP contribution in [0.15, 0.2) is 45.4 Å². The lowest BCUT2D eigenvalue weighted by Gasteiger charge is -2.07. The fraction of sp³-hybridized carbons (Fsp3) is 0.167. The molecule has 0 bridgehead atoms. The molecule has 0 amide bonds. The van der Waals surface area contributed by atoms with Crippen LogP contribution in [0.4, 0.5) is 17.2 Å². The Morgan fingerprint density at radius 1 is 1.10 bits per heavy atom. The molecule has 0 fully saturated rings. The number of nitrogens with zero attached hydrogens (tertiary/aromatic N) is 9. The van der Waals surface area contributed by atoms with Gasteiger partial charge in [-0.1, -0.05) is 18.2 Å². The first-order valence-electron chi connectivity index (χ1n) is 8.61. The van der Waals surface area contributed by atoms with Crippen molar-refractivity contribution < 1.29 is 0 Å². The van der Waals surface area contributed by atoms with E-state index < -0.39 is 0 Å². The highest BCUT2D eigenvalue weighted by Crippen LogP contribution is 2.27. The van der Waals surface area contributed by atoms with E-state index in [1.54, 1.807) is 25.6 Å². The van der Waals surface area contributed by atoms with Crippen molar-refractivity contribution in [1.82, 2.24) is 29.2 Å². The highest BCUT2D eigenvalue weighted by molar-refractivity contribution is 5.68. The molecule has 0 aliphatic rings. The van der Waals surface area contributed by atoms with Crippen LogP contribution < -0.4 is 11.3 Å². The number of fused-ring (bicyclic) bond motifs is 1. The lowest BCUT2D eigenvalue weighted by Crippen LogP contribution is -2.19. The minimum atomic E-state index is -0.300. The van der Waals surface area contributed by atoms with Crippen molar-refractivity contribution in [2.24, 2.45) is 17.3 Å². The van der Waals surface area contributed by atoms with Gasteiger partial charge in [0.05, 0.1) is 17.1 Å². The maximum absolute atomic E-state index is 12.9. The summed E-state index contributed by atoms with van der Waals surface area (Å²) in [6.07, 6.45) is 0. The zero-order chi connectivity index (χ0) is 20.7. The number of aryl methyl sites for hydroxylation is 1. The smallest absolute Gasteiger partial charge is 0.299 e. The van der Waals surface area contributed by atoms with Gasteiger partial charge in [-0.3, -0.25) is 9.48 Å². The third-order valence-electron chi connectivity index (χ3n) is 4.60. The standard InChI is InChI=1S/C18H16N10O/c1-10-14(17-24-21-13(9-19)16(20)27(17)25-10)22-23-15-11(2)26(3)28(18(15)29)12-7-5-4-6-8-12/h4-8H,20H2,1-3H3. The van der Waals surface area contributed by atoms with Crippen molar-refractivity contribution in [3.63, 3.8) is 0 Å². The first kappa shape index (κ1) is 18.1. The molecule has 2 N–H and O–H groups in total. The average molecular weight is 388 g/mol. The average Bonchev–Trinajstić information content (AvgIpc) is 3.15. The largest absolute Gasteiger partial charge is 0.381 e. The second-order valence-electron chi connectivity index (χ2n) is 6.33. The Balaban J connectivity index is 1.84. The van der Waals surface area contributed by atoms with Gasteiger partial charge in [0.15, 0.2) is 17.2 Å². The molecule has 4 aromatic rings. The molecule has 0 saturated heterocycles. The normalized spacial score (nSPS) is 11.4. The van der Waals surface area contributed by atoms with E-state index in [2.05, 4.69) is 25.5 Å². The van der Waals surface area contributed by atoms with Crippen molar-refractivity contribution in [1.29, 1.82) is 5.26 Å². The van der Waals surface area contributed by atoms with E-state index in [4.69, 9.17) is 11.0 Å². The van der Waals surface area contributed by atoms with Gasteiger partial charge in [-0.2, -0.15) is 14.9 Å². The number of hydrogen-bond acceptors (Lipinski definition) is 8. The van der Waals surface area contributed by atoms with Crippen molar-refractivity contribution in [2.45, 2.75) is 13.8 Å². The van der Waals surface area contributed by atoms with Gasteiger partial charge in [0.25, 0.3) is 5.56 Å². The van der Waals surface area contributed by atoms with Crippen LogP contribution in [0, 0.1) is 25.2 Å². The Labute approximate surface area is 164 Å². The number of rotatable bonds is 3. The second kappa shape index (κ2) is 6.68. The van der Waals surface area contributed by atoms with Crippen LogP contribution >= 0.6 is 0 Å². The Morgan fingerprint density at radius 2 is 1.79 bits per heavy atom. The Hall–Kier alpha value is -4.33. The van der Waals surface area contributed by atoms with Gasteiger partial charge in [-0.15, -0.1) is 20.4 Å². The lowest BCUT2D eigenvalue weighted by molar-refractivity contribution is 0.630. The van der Waals surface area contributed by atoms with Gasteiger partial charge in [0.1, 0.15) is 6.07 Å². The minimum Gasteiger partial charge on any atom is -0.381 e. The molecular weight excluding hydrogens is 372 g/mol. The van der Waals surface area contributed by atoms with Crippen molar-refractivity contribution in [3.8, 4) is 11.8 Å². The SMILES string of the molecule is Cc1nn2c(N)c(C#N)nnc2c1N=Nc1c(C)n(C)n(-c2ccccc2)c1=O. The zero-order valence-corrected chi connectivity index (χ0v) is 15.9. The van der Waals surface area contributed by atoms with E-state index >= 15 is 0 Å². The molecular formula is C18H16N10O. The van der Waals surface area contributed by atoms with Gasteiger partial charge in [-0.25, -0.2) is 4.68 Å². The van der Waals surface area contributed by atoms with Crippen molar-refractivity contribution in [3.05, 3.63) is 57.8 Å². The van der Waals surface area contributed by atoms with Crippen LogP contribution in [0.1, 0.15) is 17.1 Å². The fourth-order valence-corrected chi connectivity index (χ4v) is 2.98. The topological polar surface area (TPSA) is 145 Å². The lowest BCUT2D eigenvalue weighted by atomic mass is 10.3. The van der Waals surface area contributed by atoms with E-state index in [9.17, 15) is 4.79 Å². The number of aromatic nitrogens is 6. The first-order valence-corrected chi connectivity index (χ1v) is 8.61. The number of anilines is 1. The third kappa shape index (κ3) is 2.74. The van der Waals surface area contributed by atoms with E-state index in [1.807, 2.05) is 36.4 Å². The number of nitriles is 1. The quantitative estimate of drug-likeness (QED) is 0.532. The molecule has 0 atom stereocenters. The summed E-state index contributed by atoms with van der Waals surface area (Å²) in [7, 11) is 1.78. The van der Waals surface area contributed by atoms with Crippen molar-refractivity contribution >= 4 is 22.8 Å². The van der Waals surface area contributed by atoms with Gasteiger partial charge < -0.3 is 5.73 Å². The van der Waals surface area contributed by atoms with Crippen LogP contribution in [0.3, 0.4) is 0 Å². The molecule has 11 heteroatoms. The molecule has 29 heavy (non-hydrogen) atoms. The molecule has 3 heterocycles. The summed E-state index contributed by atoms with van der Waals surface area (Å²) in [5, 5.41) is 29.4. The molecule has 1 aromatic carbocycles.